The lowest BCUT2D eigenvalue weighted by molar-refractivity contribution is -0.120. The molecule has 1 aliphatic carbocycles. The van der Waals surface area contributed by atoms with Crippen LogP contribution >= 0.6 is 22.9 Å². The monoisotopic (exact) mass is 349 g/mol. The fourth-order valence-electron chi connectivity index (χ4n) is 2.07. The molecule has 3 rings (SSSR count). The summed E-state index contributed by atoms with van der Waals surface area (Å²) in [6.07, 6.45) is 2.05. The van der Waals surface area contributed by atoms with Gasteiger partial charge in [-0.15, -0.1) is 11.3 Å². The maximum absolute atomic E-state index is 12.2. The number of aryl methyl sites for hydroxylation is 1. The van der Waals surface area contributed by atoms with Gasteiger partial charge in [0.25, 0.3) is 5.91 Å². The molecule has 1 saturated carbocycles. The van der Waals surface area contributed by atoms with E-state index in [0.29, 0.717) is 21.6 Å². The summed E-state index contributed by atoms with van der Waals surface area (Å²) in [7, 11) is 0. The number of hydrogen-bond donors (Lipinski definition) is 2. The summed E-state index contributed by atoms with van der Waals surface area (Å²) >= 11 is 7.18. The highest BCUT2D eigenvalue weighted by atomic mass is 35.5. The second-order valence-corrected chi connectivity index (χ2v) is 6.90. The molecule has 0 radical (unpaired) electrons. The van der Waals surface area contributed by atoms with Crippen molar-refractivity contribution < 1.29 is 9.59 Å². The zero-order valence-electron chi connectivity index (χ0n) is 12.6. The van der Waals surface area contributed by atoms with Gasteiger partial charge < -0.3 is 10.6 Å². The quantitative estimate of drug-likeness (QED) is 0.872. The Bertz CT molecular complexity index is 738. The minimum atomic E-state index is -0.272. The highest BCUT2D eigenvalue weighted by molar-refractivity contribution is 7.17. The zero-order chi connectivity index (χ0) is 16.4. The van der Waals surface area contributed by atoms with E-state index in [9.17, 15) is 9.59 Å². The highest BCUT2D eigenvalue weighted by Crippen LogP contribution is 2.28. The summed E-state index contributed by atoms with van der Waals surface area (Å²) in [5.74, 6) is -0.424. The third-order valence-electron chi connectivity index (χ3n) is 3.45. The smallest absolute Gasteiger partial charge is 0.263 e. The van der Waals surface area contributed by atoms with Crippen LogP contribution in [0.3, 0.4) is 0 Å². The number of amides is 2. The van der Waals surface area contributed by atoms with Crippen LogP contribution in [0.1, 0.15) is 28.2 Å². The Hall–Kier alpha value is -1.92. The van der Waals surface area contributed by atoms with Gasteiger partial charge in [-0.25, -0.2) is 4.98 Å². The van der Waals surface area contributed by atoms with E-state index >= 15 is 0 Å². The number of hydrogen-bond acceptors (Lipinski definition) is 4. The van der Waals surface area contributed by atoms with Gasteiger partial charge in [0.05, 0.1) is 12.2 Å². The second-order valence-electron chi connectivity index (χ2n) is 5.46. The number of carbonyl (C=O) groups excluding carboxylic acids is 2. The molecule has 1 fully saturated rings. The Balaban J connectivity index is 1.66. The molecule has 5 nitrogen and oxygen atoms in total. The molecule has 0 bridgehead atoms. The van der Waals surface area contributed by atoms with E-state index in [-0.39, 0.29) is 18.4 Å². The van der Waals surface area contributed by atoms with Crippen molar-refractivity contribution in [2.45, 2.75) is 25.8 Å². The first kappa shape index (κ1) is 16.0. The van der Waals surface area contributed by atoms with E-state index in [0.717, 1.165) is 23.4 Å². The van der Waals surface area contributed by atoms with Crippen molar-refractivity contribution >= 4 is 34.8 Å². The van der Waals surface area contributed by atoms with E-state index in [1.54, 1.807) is 19.1 Å². The van der Waals surface area contributed by atoms with Crippen LogP contribution in [0.4, 0.5) is 0 Å². The number of halogens is 1. The lowest BCUT2D eigenvalue weighted by Gasteiger charge is -2.04. The van der Waals surface area contributed by atoms with Crippen LogP contribution in [0.25, 0.3) is 10.6 Å². The minimum Gasteiger partial charge on any atom is -0.352 e. The van der Waals surface area contributed by atoms with Crippen LogP contribution in [0.15, 0.2) is 24.3 Å². The van der Waals surface area contributed by atoms with Crippen LogP contribution in [-0.4, -0.2) is 29.4 Å². The predicted molar refractivity (Wildman–Crippen MR) is 90.8 cm³/mol. The third kappa shape index (κ3) is 4.09. The Kier molecular flexibility index (Phi) is 4.63. The second kappa shape index (κ2) is 6.68. The third-order valence-corrected chi connectivity index (χ3v) is 4.90. The van der Waals surface area contributed by atoms with Gasteiger partial charge in [-0.2, -0.15) is 0 Å². The number of rotatable bonds is 5. The molecule has 2 aromatic rings. The normalized spacial score (nSPS) is 13.7. The van der Waals surface area contributed by atoms with E-state index in [1.165, 1.54) is 11.3 Å². The van der Waals surface area contributed by atoms with Crippen molar-refractivity contribution in [3.63, 3.8) is 0 Å². The van der Waals surface area contributed by atoms with Gasteiger partial charge in [-0.3, -0.25) is 9.59 Å². The number of thiazole rings is 1. The van der Waals surface area contributed by atoms with Crippen molar-refractivity contribution in [2.75, 3.05) is 6.54 Å². The van der Waals surface area contributed by atoms with Crippen molar-refractivity contribution in [1.82, 2.24) is 15.6 Å². The fourth-order valence-corrected chi connectivity index (χ4v) is 3.18. The van der Waals surface area contributed by atoms with Gasteiger partial charge in [0, 0.05) is 16.6 Å². The molecule has 1 heterocycles. The van der Waals surface area contributed by atoms with Gasteiger partial charge in [0.1, 0.15) is 9.88 Å². The summed E-state index contributed by atoms with van der Waals surface area (Å²) in [6, 6.07) is 7.60. The van der Waals surface area contributed by atoms with E-state index in [2.05, 4.69) is 15.6 Å². The average molecular weight is 350 g/mol. The fraction of sp³-hybridized carbons (Fsp3) is 0.312. The van der Waals surface area contributed by atoms with Crippen LogP contribution in [0.5, 0.6) is 0 Å². The summed E-state index contributed by atoms with van der Waals surface area (Å²) in [5.41, 5.74) is 1.56. The SMILES string of the molecule is Cc1nc(-c2ccc(Cl)cc2)sc1C(=O)NCC(=O)NC1CC1. The van der Waals surface area contributed by atoms with Gasteiger partial charge in [0.15, 0.2) is 0 Å². The molecule has 2 N–H and O–H groups in total. The Morgan fingerprint density at radius 1 is 1.30 bits per heavy atom. The van der Waals surface area contributed by atoms with Crippen LogP contribution in [0, 0.1) is 6.92 Å². The van der Waals surface area contributed by atoms with Crippen LogP contribution < -0.4 is 10.6 Å². The molecule has 0 atom stereocenters. The summed E-state index contributed by atoms with van der Waals surface area (Å²) in [6.45, 7) is 1.78. The zero-order valence-corrected chi connectivity index (χ0v) is 14.1. The molecule has 0 aliphatic heterocycles. The molecule has 7 heteroatoms. The van der Waals surface area contributed by atoms with Gasteiger partial charge in [0.2, 0.25) is 5.91 Å². The van der Waals surface area contributed by atoms with Crippen molar-refractivity contribution in [3.05, 3.63) is 39.9 Å². The van der Waals surface area contributed by atoms with Gasteiger partial charge >= 0.3 is 0 Å². The highest BCUT2D eigenvalue weighted by Gasteiger charge is 2.23. The number of aromatic nitrogens is 1. The number of benzene rings is 1. The van der Waals surface area contributed by atoms with E-state index in [1.807, 2.05) is 12.1 Å². The minimum absolute atomic E-state index is 0.0110. The van der Waals surface area contributed by atoms with Gasteiger partial charge in [-0.05, 0) is 31.9 Å². The summed E-state index contributed by atoms with van der Waals surface area (Å²) in [5, 5.41) is 6.89. The first-order valence-electron chi connectivity index (χ1n) is 7.34. The number of nitrogens with zero attached hydrogens (tertiary/aromatic N) is 1. The first-order chi connectivity index (χ1) is 11.0. The lowest BCUT2D eigenvalue weighted by atomic mass is 10.2. The number of nitrogens with one attached hydrogen (secondary N) is 2. The molecule has 1 aromatic heterocycles. The molecule has 0 spiro atoms. The van der Waals surface area contributed by atoms with Crippen molar-refractivity contribution in [1.29, 1.82) is 0 Å². The Morgan fingerprint density at radius 3 is 2.65 bits per heavy atom. The van der Waals surface area contributed by atoms with E-state index < -0.39 is 0 Å². The first-order valence-corrected chi connectivity index (χ1v) is 8.53. The predicted octanol–water partition coefficient (Wildman–Crippen LogP) is 2.78. The molecule has 2 amide bonds. The maximum atomic E-state index is 12.2. The maximum Gasteiger partial charge on any atom is 0.263 e. The Morgan fingerprint density at radius 2 is 2.00 bits per heavy atom. The Labute approximate surface area is 143 Å². The average Bonchev–Trinajstić information content (AvgIpc) is 3.25. The topological polar surface area (TPSA) is 71.1 Å². The molecule has 0 saturated heterocycles. The molecule has 1 aromatic carbocycles. The van der Waals surface area contributed by atoms with E-state index in [4.69, 9.17) is 11.6 Å². The summed E-state index contributed by atoms with van der Waals surface area (Å²) < 4.78 is 0. The van der Waals surface area contributed by atoms with Gasteiger partial charge in [-0.1, -0.05) is 23.7 Å². The molecular weight excluding hydrogens is 334 g/mol. The van der Waals surface area contributed by atoms with Crippen molar-refractivity contribution in [2.24, 2.45) is 0 Å². The number of carbonyl (C=O) groups is 2. The molecular formula is C16H16ClN3O2S. The standard InChI is InChI=1S/C16H16ClN3O2S/c1-9-14(15(22)18-8-13(21)20-12-6-7-12)23-16(19-9)10-2-4-11(17)5-3-10/h2-5,12H,6-8H2,1H3,(H,18,22)(H,20,21). The molecule has 0 unspecified atom stereocenters. The summed E-state index contributed by atoms with van der Waals surface area (Å²) in [4.78, 5) is 28.8. The largest absolute Gasteiger partial charge is 0.352 e. The molecule has 1 aliphatic rings. The van der Waals surface area contributed by atoms with Crippen LogP contribution in [-0.2, 0) is 4.79 Å². The van der Waals surface area contributed by atoms with Crippen LogP contribution in [0.2, 0.25) is 5.02 Å². The lowest BCUT2D eigenvalue weighted by Crippen LogP contribution is -2.37. The molecule has 120 valence electrons. The van der Waals surface area contributed by atoms with Crippen molar-refractivity contribution in [3.8, 4) is 10.6 Å². The molecule has 23 heavy (non-hydrogen) atoms.